The van der Waals surface area contributed by atoms with Crippen molar-refractivity contribution >= 4 is 31.9 Å². The number of allylic oxidation sites excluding steroid dienone is 2. The molecule has 44 valence electrons. The Morgan fingerprint density at radius 1 is 1.25 bits per heavy atom. The highest BCUT2D eigenvalue weighted by molar-refractivity contribution is 9.25. The van der Waals surface area contributed by atoms with E-state index in [1.165, 1.54) is 0 Å². The highest BCUT2D eigenvalue weighted by atomic mass is 79.9. The Bertz CT molecular complexity index is 137. The van der Waals surface area contributed by atoms with Crippen LogP contribution in [0.3, 0.4) is 0 Å². The first-order chi connectivity index (χ1) is 3.71. The van der Waals surface area contributed by atoms with Crippen LogP contribution < -0.4 is 0 Å². The number of rotatable bonds is 0. The maximum Gasteiger partial charge on any atom is 0.236 e. The summed E-state index contributed by atoms with van der Waals surface area (Å²) < 4.78 is 4.57. The van der Waals surface area contributed by atoms with E-state index < -0.39 is 3.42 Å². The predicted octanol–water partition coefficient (Wildman–Crippen LogP) is 2.53. The van der Waals surface area contributed by atoms with Crippen LogP contribution in [0.1, 0.15) is 0 Å². The maximum atomic E-state index is 5.03. The van der Waals surface area contributed by atoms with E-state index >= 15 is 0 Å². The normalized spacial score (nSPS) is 22.8. The molecule has 1 rings (SSSR count). The number of ether oxygens (including phenoxy) is 1. The zero-order valence-electron chi connectivity index (χ0n) is 3.97. The van der Waals surface area contributed by atoms with E-state index in [-0.39, 0.29) is 0 Å². The lowest BCUT2D eigenvalue weighted by molar-refractivity contribution is 0.242. The lowest BCUT2D eigenvalue weighted by atomic mass is 10.4. The summed E-state index contributed by atoms with van der Waals surface area (Å²) in [7, 11) is 0. The van der Waals surface area contributed by atoms with Gasteiger partial charge in [-0.15, -0.1) is 0 Å². The van der Waals surface area contributed by atoms with Gasteiger partial charge in [-0.2, -0.15) is 0 Å². The monoisotopic (exact) mass is 238 g/mol. The van der Waals surface area contributed by atoms with E-state index in [2.05, 4.69) is 31.9 Å². The van der Waals surface area contributed by atoms with Crippen LogP contribution >= 0.6 is 31.9 Å². The molecule has 0 saturated carbocycles. The summed E-state index contributed by atoms with van der Waals surface area (Å²) >= 11 is 6.50. The smallest absolute Gasteiger partial charge is 0.236 e. The number of hydrogen-bond acceptors (Lipinski definition) is 1. The molecule has 0 atom stereocenters. The van der Waals surface area contributed by atoms with E-state index in [1.807, 2.05) is 18.2 Å². The highest BCUT2D eigenvalue weighted by Crippen LogP contribution is 2.31. The van der Waals surface area contributed by atoms with Gasteiger partial charge >= 0.3 is 0 Å². The summed E-state index contributed by atoms with van der Waals surface area (Å²) in [5.74, 6) is 0. The van der Waals surface area contributed by atoms with Gasteiger partial charge < -0.3 is 4.74 Å². The zero-order valence-corrected chi connectivity index (χ0v) is 7.15. The number of hydrogen-bond donors (Lipinski definition) is 0. The van der Waals surface area contributed by atoms with Gasteiger partial charge in [0.05, 0.1) is 6.26 Å². The summed E-state index contributed by atoms with van der Waals surface area (Å²) in [4.78, 5) is 0. The van der Waals surface area contributed by atoms with Crippen LogP contribution in [0, 0.1) is 0 Å². The molecule has 1 aliphatic rings. The Morgan fingerprint density at radius 2 is 2.00 bits per heavy atom. The second kappa shape index (κ2) is 2.23. The minimum Gasteiger partial charge on any atom is -0.470 e. The van der Waals surface area contributed by atoms with Crippen LogP contribution in [0.5, 0.6) is 0 Å². The molecule has 0 unspecified atom stereocenters. The van der Waals surface area contributed by atoms with E-state index in [0.29, 0.717) is 0 Å². The van der Waals surface area contributed by atoms with Gasteiger partial charge in [-0.25, -0.2) is 0 Å². The van der Waals surface area contributed by atoms with E-state index in [9.17, 15) is 0 Å². The second-order valence-electron chi connectivity index (χ2n) is 1.37. The molecule has 1 nitrogen and oxygen atoms in total. The molecule has 0 aliphatic carbocycles. The average molecular weight is 240 g/mol. The minimum atomic E-state index is -0.464. The predicted molar refractivity (Wildman–Crippen MR) is 40.0 cm³/mol. The van der Waals surface area contributed by atoms with Crippen LogP contribution in [0.4, 0.5) is 0 Å². The minimum absolute atomic E-state index is 0.464. The molecule has 3 heteroatoms. The fourth-order valence-electron chi connectivity index (χ4n) is 0.382. The SMILES string of the molecule is BrC1(Br)C=CC=CO1. The zero-order chi connectivity index (χ0) is 6.04. The Labute approximate surface area is 64.7 Å². The lowest BCUT2D eigenvalue weighted by Crippen LogP contribution is -2.09. The van der Waals surface area contributed by atoms with E-state index in [4.69, 9.17) is 4.74 Å². The summed E-state index contributed by atoms with van der Waals surface area (Å²) in [5.41, 5.74) is 0. The van der Waals surface area contributed by atoms with Crippen molar-refractivity contribution in [3.05, 3.63) is 24.5 Å². The van der Waals surface area contributed by atoms with Crippen LogP contribution in [0.2, 0.25) is 0 Å². The fraction of sp³-hybridized carbons (Fsp3) is 0.200. The van der Waals surface area contributed by atoms with Crippen molar-refractivity contribution in [3.8, 4) is 0 Å². The van der Waals surface area contributed by atoms with Gasteiger partial charge in [-0.3, -0.25) is 0 Å². The van der Waals surface area contributed by atoms with Gasteiger partial charge in [0.25, 0.3) is 0 Å². The van der Waals surface area contributed by atoms with Crippen LogP contribution in [-0.4, -0.2) is 3.42 Å². The van der Waals surface area contributed by atoms with Gasteiger partial charge in [0.15, 0.2) is 0 Å². The molecule has 1 aliphatic heterocycles. The van der Waals surface area contributed by atoms with Crippen LogP contribution in [0.25, 0.3) is 0 Å². The molecule has 0 spiro atoms. The second-order valence-corrected chi connectivity index (χ2v) is 4.79. The Morgan fingerprint density at radius 3 is 2.25 bits per heavy atom. The number of alkyl halides is 2. The van der Waals surface area contributed by atoms with Crippen molar-refractivity contribution in [3.63, 3.8) is 0 Å². The Balaban J connectivity index is 2.65. The van der Waals surface area contributed by atoms with Crippen molar-refractivity contribution in [2.45, 2.75) is 3.42 Å². The largest absolute Gasteiger partial charge is 0.470 e. The Hall–Kier alpha value is 0.240. The highest BCUT2D eigenvalue weighted by Gasteiger charge is 2.18. The maximum absolute atomic E-state index is 5.03. The third-order valence-corrected chi connectivity index (χ3v) is 1.61. The molecule has 0 saturated heterocycles. The van der Waals surface area contributed by atoms with E-state index in [0.717, 1.165) is 0 Å². The van der Waals surface area contributed by atoms with Crippen LogP contribution in [0.15, 0.2) is 24.5 Å². The Kier molecular flexibility index (Phi) is 1.77. The summed E-state index contributed by atoms with van der Waals surface area (Å²) in [6.07, 6.45) is 7.18. The molecule has 0 aromatic heterocycles. The molecular weight excluding hydrogens is 236 g/mol. The molecule has 0 amide bonds. The van der Waals surface area contributed by atoms with Crippen molar-refractivity contribution in [2.75, 3.05) is 0 Å². The quantitative estimate of drug-likeness (QED) is 0.591. The van der Waals surface area contributed by atoms with Gasteiger partial charge in [0.1, 0.15) is 0 Å². The van der Waals surface area contributed by atoms with Gasteiger partial charge in [-0.05, 0) is 44.0 Å². The molecule has 0 fully saturated rings. The molecule has 0 aromatic carbocycles. The number of halogens is 2. The molecule has 0 radical (unpaired) electrons. The van der Waals surface area contributed by atoms with Crippen LogP contribution in [-0.2, 0) is 4.74 Å². The third kappa shape index (κ3) is 1.63. The summed E-state index contributed by atoms with van der Waals surface area (Å²) in [5, 5.41) is 0. The van der Waals surface area contributed by atoms with Crippen molar-refractivity contribution < 1.29 is 4.74 Å². The van der Waals surface area contributed by atoms with Crippen molar-refractivity contribution in [2.24, 2.45) is 0 Å². The first-order valence-electron chi connectivity index (χ1n) is 2.11. The molecule has 0 N–H and O–H groups in total. The topological polar surface area (TPSA) is 9.23 Å². The standard InChI is InChI=1S/C5H4Br2O/c6-5(7)3-1-2-4-8-5/h1-4H. The summed E-state index contributed by atoms with van der Waals surface area (Å²) in [6.45, 7) is 0. The molecular formula is C5H4Br2O. The first kappa shape index (κ1) is 6.36. The van der Waals surface area contributed by atoms with Crippen molar-refractivity contribution in [1.82, 2.24) is 0 Å². The average Bonchev–Trinajstić information content (AvgIpc) is 1.65. The molecule has 1 heterocycles. The first-order valence-corrected chi connectivity index (χ1v) is 3.69. The fourth-order valence-corrected chi connectivity index (χ4v) is 0.903. The molecule has 0 bridgehead atoms. The lowest BCUT2D eigenvalue weighted by Gasteiger charge is -2.16. The third-order valence-electron chi connectivity index (χ3n) is 0.705. The van der Waals surface area contributed by atoms with Gasteiger partial charge in [0, 0.05) is 0 Å². The van der Waals surface area contributed by atoms with Gasteiger partial charge in [0.2, 0.25) is 3.42 Å². The molecule has 8 heavy (non-hydrogen) atoms. The van der Waals surface area contributed by atoms with E-state index in [1.54, 1.807) is 6.26 Å². The molecule has 0 aromatic rings. The van der Waals surface area contributed by atoms with Gasteiger partial charge in [-0.1, -0.05) is 6.08 Å². The summed E-state index contributed by atoms with van der Waals surface area (Å²) in [6, 6.07) is 0. The van der Waals surface area contributed by atoms with Crippen molar-refractivity contribution in [1.29, 1.82) is 0 Å².